The van der Waals surface area contributed by atoms with E-state index >= 15 is 0 Å². The summed E-state index contributed by atoms with van der Waals surface area (Å²) in [7, 11) is -3.77. The second-order valence-electron chi connectivity index (χ2n) is 8.62. The molecular formula is C22H32N4O3S. The van der Waals surface area contributed by atoms with Gasteiger partial charge in [0.05, 0.1) is 5.69 Å². The molecule has 0 spiro atoms. The summed E-state index contributed by atoms with van der Waals surface area (Å²) in [4.78, 5) is 17.3. The maximum atomic E-state index is 12.7. The Morgan fingerprint density at radius 3 is 2.83 bits per heavy atom. The summed E-state index contributed by atoms with van der Waals surface area (Å²) >= 11 is 0. The molecule has 0 bridgehead atoms. The second kappa shape index (κ2) is 9.06. The molecular weight excluding hydrogens is 400 g/mol. The lowest BCUT2D eigenvalue weighted by atomic mass is 10.0. The first-order chi connectivity index (χ1) is 14.5. The number of fused-ring (bicyclic) bond motifs is 3. The quantitative estimate of drug-likeness (QED) is 0.723. The average Bonchev–Trinajstić information content (AvgIpc) is 2.97. The highest BCUT2D eigenvalue weighted by Crippen LogP contribution is 2.35. The van der Waals surface area contributed by atoms with Crippen molar-refractivity contribution in [2.75, 3.05) is 31.1 Å². The first-order valence-electron chi connectivity index (χ1n) is 11.2. The van der Waals surface area contributed by atoms with Gasteiger partial charge in [0.15, 0.2) is 0 Å². The number of amides is 1. The van der Waals surface area contributed by atoms with Gasteiger partial charge in [0, 0.05) is 37.7 Å². The molecule has 30 heavy (non-hydrogen) atoms. The van der Waals surface area contributed by atoms with Gasteiger partial charge in [-0.05, 0) is 63.8 Å². The number of sulfonamides is 1. The first kappa shape index (κ1) is 21.3. The highest BCUT2D eigenvalue weighted by Gasteiger charge is 2.32. The van der Waals surface area contributed by atoms with Gasteiger partial charge in [-0.15, -0.1) is 4.40 Å². The number of nitrogens with one attached hydrogen (secondary N) is 1. The van der Waals surface area contributed by atoms with E-state index in [4.69, 9.17) is 0 Å². The van der Waals surface area contributed by atoms with Gasteiger partial charge >= 0.3 is 0 Å². The molecule has 1 unspecified atom stereocenters. The fraction of sp³-hybridized carbons (Fsp3) is 0.636. The zero-order valence-electron chi connectivity index (χ0n) is 17.8. The minimum Gasteiger partial charge on any atom is -0.352 e. The minimum atomic E-state index is -3.77. The number of carbonyl (C=O) groups is 1. The largest absolute Gasteiger partial charge is 0.352 e. The molecule has 3 aliphatic heterocycles. The molecule has 0 aromatic heterocycles. The molecule has 2 fully saturated rings. The van der Waals surface area contributed by atoms with Crippen molar-refractivity contribution in [2.24, 2.45) is 4.40 Å². The van der Waals surface area contributed by atoms with E-state index in [1.807, 2.05) is 4.90 Å². The Labute approximate surface area is 179 Å². The van der Waals surface area contributed by atoms with Crippen LogP contribution in [0.2, 0.25) is 0 Å². The smallest absolute Gasteiger partial charge is 0.286 e. The third-order valence-electron chi connectivity index (χ3n) is 6.46. The SMILES string of the molecule is CC1CCCCN1CCCNC(=O)c1ccc2c(c1)S(=O)(=O)N=C1CCCCCN12. The Morgan fingerprint density at radius 2 is 2.00 bits per heavy atom. The lowest BCUT2D eigenvalue weighted by Crippen LogP contribution is -2.39. The minimum absolute atomic E-state index is 0.142. The Morgan fingerprint density at radius 1 is 1.17 bits per heavy atom. The molecule has 0 aliphatic carbocycles. The van der Waals surface area contributed by atoms with E-state index in [0.29, 0.717) is 36.1 Å². The molecule has 164 valence electrons. The Hall–Kier alpha value is -1.93. The Balaban J connectivity index is 1.41. The summed E-state index contributed by atoms with van der Waals surface area (Å²) in [6.45, 7) is 5.73. The van der Waals surface area contributed by atoms with E-state index < -0.39 is 10.0 Å². The summed E-state index contributed by atoms with van der Waals surface area (Å²) in [6, 6.07) is 5.59. The van der Waals surface area contributed by atoms with Gasteiger partial charge in [0.25, 0.3) is 15.9 Å². The molecule has 0 radical (unpaired) electrons. The number of benzene rings is 1. The van der Waals surface area contributed by atoms with Crippen LogP contribution in [0, 0.1) is 0 Å². The number of hydrogen-bond acceptors (Lipinski definition) is 5. The van der Waals surface area contributed by atoms with Crippen LogP contribution in [0.5, 0.6) is 0 Å². The van der Waals surface area contributed by atoms with Crippen LogP contribution in [0.3, 0.4) is 0 Å². The van der Waals surface area contributed by atoms with Gasteiger partial charge in [-0.2, -0.15) is 8.42 Å². The molecule has 8 heteroatoms. The molecule has 1 aromatic rings. The predicted molar refractivity (Wildman–Crippen MR) is 119 cm³/mol. The summed E-state index contributed by atoms with van der Waals surface area (Å²) in [5.74, 6) is 0.398. The zero-order chi connectivity index (χ0) is 21.1. The van der Waals surface area contributed by atoms with Crippen LogP contribution in [0.25, 0.3) is 0 Å². The van der Waals surface area contributed by atoms with Crippen LogP contribution >= 0.6 is 0 Å². The fourth-order valence-corrected chi connectivity index (χ4v) is 5.98. The van der Waals surface area contributed by atoms with Gasteiger partial charge in [-0.3, -0.25) is 4.79 Å². The van der Waals surface area contributed by atoms with Crippen LogP contribution in [0.15, 0.2) is 27.5 Å². The van der Waals surface area contributed by atoms with Crippen molar-refractivity contribution < 1.29 is 13.2 Å². The summed E-state index contributed by atoms with van der Waals surface area (Å²) in [6.07, 6.45) is 8.41. The van der Waals surface area contributed by atoms with Crippen LogP contribution in [-0.2, 0) is 10.0 Å². The van der Waals surface area contributed by atoms with E-state index in [9.17, 15) is 13.2 Å². The van der Waals surface area contributed by atoms with Gasteiger partial charge in [0.1, 0.15) is 10.7 Å². The van der Waals surface area contributed by atoms with E-state index in [2.05, 4.69) is 21.5 Å². The highest BCUT2D eigenvalue weighted by atomic mass is 32.2. The number of amidine groups is 1. The van der Waals surface area contributed by atoms with Crippen molar-refractivity contribution >= 4 is 27.5 Å². The van der Waals surface area contributed by atoms with E-state index in [1.54, 1.807) is 12.1 Å². The summed E-state index contributed by atoms with van der Waals surface area (Å²) in [5, 5.41) is 2.94. The molecule has 0 saturated carbocycles. The van der Waals surface area contributed by atoms with Crippen molar-refractivity contribution in [2.45, 2.75) is 69.2 Å². The van der Waals surface area contributed by atoms with E-state index in [-0.39, 0.29) is 10.8 Å². The number of carbonyl (C=O) groups excluding carboxylic acids is 1. The van der Waals surface area contributed by atoms with Gasteiger partial charge in [0.2, 0.25) is 0 Å². The third kappa shape index (κ3) is 4.54. The number of anilines is 1. The Kier molecular flexibility index (Phi) is 6.43. The molecule has 3 aliphatic rings. The normalized spacial score (nSPS) is 23.7. The van der Waals surface area contributed by atoms with Gasteiger partial charge in [-0.25, -0.2) is 0 Å². The lowest BCUT2D eigenvalue weighted by Gasteiger charge is -2.33. The molecule has 2 saturated heterocycles. The molecule has 4 rings (SSSR count). The van der Waals surface area contributed by atoms with Gasteiger partial charge in [-0.1, -0.05) is 12.8 Å². The zero-order valence-corrected chi connectivity index (χ0v) is 18.6. The van der Waals surface area contributed by atoms with Crippen molar-refractivity contribution in [1.82, 2.24) is 10.2 Å². The maximum absolute atomic E-state index is 12.7. The summed E-state index contributed by atoms with van der Waals surface area (Å²) in [5.41, 5.74) is 1.02. The van der Waals surface area contributed by atoms with Crippen molar-refractivity contribution in [3.05, 3.63) is 23.8 Å². The molecule has 1 amide bonds. The topological polar surface area (TPSA) is 82.1 Å². The maximum Gasteiger partial charge on any atom is 0.286 e. The monoisotopic (exact) mass is 432 g/mol. The average molecular weight is 433 g/mol. The molecule has 3 heterocycles. The Bertz CT molecular complexity index is 928. The molecule has 1 aromatic carbocycles. The third-order valence-corrected chi connectivity index (χ3v) is 7.79. The molecule has 7 nitrogen and oxygen atoms in total. The molecule has 1 N–H and O–H groups in total. The number of piperidine rings is 1. The molecule has 1 atom stereocenters. The van der Waals surface area contributed by atoms with Crippen LogP contribution in [0.4, 0.5) is 5.69 Å². The first-order valence-corrected chi connectivity index (χ1v) is 12.7. The van der Waals surface area contributed by atoms with E-state index in [1.165, 1.54) is 25.3 Å². The fourth-order valence-electron chi connectivity index (χ4n) is 4.70. The second-order valence-corrected chi connectivity index (χ2v) is 10.2. The van der Waals surface area contributed by atoms with Crippen molar-refractivity contribution in [3.63, 3.8) is 0 Å². The van der Waals surface area contributed by atoms with Crippen LogP contribution in [-0.4, -0.2) is 57.3 Å². The lowest BCUT2D eigenvalue weighted by molar-refractivity contribution is 0.0948. The van der Waals surface area contributed by atoms with Gasteiger partial charge < -0.3 is 15.1 Å². The number of likely N-dealkylation sites (tertiary alicyclic amines) is 1. The highest BCUT2D eigenvalue weighted by molar-refractivity contribution is 7.90. The number of nitrogens with zero attached hydrogens (tertiary/aromatic N) is 3. The van der Waals surface area contributed by atoms with Crippen molar-refractivity contribution in [1.29, 1.82) is 0 Å². The van der Waals surface area contributed by atoms with Crippen LogP contribution < -0.4 is 10.2 Å². The standard InChI is InChI=1S/C22H32N4O3S/c1-17-8-4-6-13-25(17)14-7-12-23-22(27)18-10-11-19-20(16-18)30(28,29)24-21-9-3-2-5-15-26(19)21/h10-11,16-17H,2-9,12-15H2,1H3,(H,23,27). The van der Waals surface area contributed by atoms with Crippen LogP contribution in [0.1, 0.15) is 68.6 Å². The predicted octanol–water partition coefficient (Wildman–Crippen LogP) is 3.16. The van der Waals surface area contributed by atoms with E-state index in [0.717, 1.165) is 45.3 Å². The number of rotatable bonds is 5. The number of hydrogen-bond donors (Lipinski definition) is 1. The summed E-state index contributed by atoms with van der Waals surface area (Å²) < 4.78 is 29.5. The van der Waals surface area contributed by atoms with Crippen molar-refractivity contribution in [3.8, 4) is 0 Å².